The Kier molecular flexibility index (Phi) is 2.88. The summed E-state index contributed by atoms with van der Waals surface area (Å²) in [6, 6.07) is 8.76. The van der Waals surface area contributed by atoms with E-state index in [9.17, 15) is 4.79 Å². The third-order valence-corrected chi connectivity index (χ3v) is 2.26. The van der Waals surface area contributed by atoms with Crippen LogP contribution in [0.1, 0.15) is 21.6 Å². The average Bonchev–Trinajstić information content (AvgIpc) is 2.76. The summed E-state index contributed by atoms with van der Waals surface area (Å²) < 4.78 is 4.68. The molecule has 0 atom stereocenters. The lowest BCUT2D eigenvalue weighted by Crippen LogP contribution is -2.14. The predicted molar refractivity (Wildman–Crippen MR) is 60.4 cm³/mol. The van der Waals surface area contributed by atoms with Crippen LogP contribution in [0.25, 0.3) is 0 Å². The standard InChI is InChI=1S/C12H9N3O2/c1-8-7-17-15-11(8)12(16)14-10-5-3-2-4-9(10)6-13/h2-5,7H,1H3,(H,14,16). The van der Waals surface area contributed by atoms with Crippen LogP contribution in [-0.4, -0.2) is 11.1 Å². The molecular weight excluding hydrogens is 218 g/mol. The molecule has 17 heavy (non-hydrogen) atoms. The summed E-state index contributed by atoms with van der Waals surface area (Å²) in [7, 11) is 0. The number of aryl methyl sites for hydroxylation is 1. The molecule has 0 saturated carbocycles. The summed E-state index contributed by atoms with van der Waals surface area (Å²) in [5, 5.41) is 15.1. The molecule has 0 aliphatic rings. The third kappa shape index (κ3) is 2.16. The summed E-state index contributed by atoms with van der Waals surface area (Å²) in [6.45, 7) is 1.72. The monoisotopic (exact) mass is 227 g/mol. The Balaban J connectivity index is 2.26. The minimum absolute atomic E-state index is 0.220. The van der Waals surface area contributed by atoms with Crippen LogP contribution in [0.5, 0.6) is 0 Å². The quantitative estimate of drug-likeness (QED) is 0.852. The van der Waals surface area contributed by atoms with Gasteiger partial charge in [0.05, 0.1) is 11.3 Å². The van der Waals surface area contributed by atoms with E-state index in [2.05, 4.69) is 15.0 Å². The van der Waals surface area contributed by atoms with E-state index in [-0.39, 0.29) is 11.6 Å². The predicted octanol–water partition coefficient (Wildman–Crippen LogP) is 2.11. The maximum Gasteiger partial charge on any atom is 0.278 e. The van der Waals surface area contributed by atoms with Gasteiger partial charge in [-0.1, -0.05) is 17.3 Å². The topological polar surface area (TPSA) is 78.9 Å². The van der Waals surface area contributed by atoms with Gasteiger partial charge >= 0.3 is 0 Å². The second-order valence-electron chi connectivity index (χ2n) is 3.46. The van der Waals surface area contributed by atoms with Crippen molar-refractivity contribution in [2.45, 2.75) is 6.92 Å². The normalized spacial score (nSPS) is 9.65. The van der Waals surface area contributed by atoms with Crippen LogP contribution in [0.4, 0.5) is 5.69 Å². The Bertz CT molecular complexity index is 596. The van der Waals surface area contributed by atoms with Gasteiger partial charge in [-0.15, -0.1) is 0 Å². The van der Waals surface area contributed by atoms with E-state index in [1.165, 1.54) is 6.26 Å². The van der Waals surface area contributed by atoms with Crippen molar-refractivity contribution >= 4 is 11.6 Å². The van der Waals surface area contributed by atoms with Gasteiger partial charge in [0.25, 0.3) is 5.91 Å². The number of nitrogens with one attached hydrogen (secondary N) is 1. The maximum absolute atomic E-state index is 11.8. The molecule has 0 aliphatic heterocycles. The van der Waals surface area contributed by atoms with E-state index in [1.54, 1.807) is 31.2 Å². The number of amides is 1. The van der Waals surface area contributed by atoms with Crippen molar-refractivity contribution < 1.29 is 9.32 Å². The number of anilines is 1. The largest absolute Gasteiger partial charge is 0.364 e. The smallest absolute Gasteiger partial charge is 0.278 e. The molecule has 5 nitrogen and oxygen atoms in total. The van der Waals surface area contributed by atoms with Crippen LogP contribution in [0.15, 0.2) is 35.1 Å². The summed E-state index contributed by atoms with van der Waals surface area (Å²) >= 11 is 0. The minimum atomic E-state index is -0.390. The van der Waals surface area contributed by atoms with Gasteiger partial charge in [0.1, 0.15) is 12.3 Å². The third-order valence-electron chi connectivity index (χ3n) is 2.26. The molecule has 0 spiro atoms. The molecule has 0 aliphatic carbocycles. The van der Waals surface area contributed by atoms with Crippen molar-refractivity contribution in [3.8, 4) is 6.07 Å². The Hall–Kier alpha value is -2.61. The second-order valence-corrected chi connectivity index (χ2v) is 3.46. The fourth-order valence-corrected chi connectivity index (χ4v) is 1.38. The molecular formula is C12H9N3O2. The van der Waals surface area contributed by atoms with E-state index in [1.807, 2.05) is 6.07 Å². The second kappa shape index (κ2) is 4.49. The summed E-state index contributed by atoms with van der Waals surface area (Å²) in [5.41, 5.74) is 1.74. The van der Waals surface area contributed by atoms with Crippen molar-refractivity contribution in [3.05, 3.63) is 47.3 Å². The first kappa shape index (κ1) is 10.9. The fraction of sp³-hybridized carbons (Fsp3) is 0.0833. The Morgan fingerprint density at radius 3 is 2.88 bits per heavy atom. The van der Waals surface area contributed by atoms with Crippen molar-refractivity contribution in [1.82, 2.24) is 5.16 Å². The number of rotatable bonds is 2. The van der Waals surface area contributed by atoms with Crippen LogP contribution in [0, 0.1) is 18.3 Å². The van der Waals surface area contributed by atoms with E-state index in [0.717, 1.165) is 0 Å². The van der Waals surface area contributed by atoms with Gasteiger partial charge in [-0.3, -0.25) is 4.79 Å². The number of para-hydroxylation sites is 1. The molecule has 1 N–H and O–H groups in total. The van der Waals surface area contributed by atoms with Gasteiger partial charge in [-0.2, -0.15) is 5.26 Å². The number of hydrogen-bond acceptors (Lipinski definition) is 4. The van der Waals surface area contributed by atoms with E-state index < -0.39 is 0 Å². The molecule has 1 heterocycles. The number of carbonyl (C=O) groups excluding carboxylic acids is 1. The van der Waals surface area contributed by atoms with Crippen molar-refractivity contribution in [2.24, 2.45) is 0 Å². The van der Waals surface area contributed by atoms with Gasteiger partial charge in [-0.05, 0) is 19.1 Å². The molecule has 0 radical (unpaired) electrons. The lowest BCUT2D eigenvalue weighted by molar-refractivity contribution is 0.101. The van der Waals surface area contributed by atoms with Gasteiger partial charge in [-0.25, -0.2) is 0 Å². The van der Waals surface area contributed by atoms with Crippen molar-refractivity contribution in [1.29, 1.82) is 5.26 Å². The number of carbonyl (C=O) groups is 1. The van der Waals surface area contributed by atoms with Crippen LogP contribution in [0.3, 0.4) is 0 Å². The number of aromatic nitrogens is 1. The Morgan fingerprint density at radius 1 is 1.47 bits per heavy atom. The highest BCUT2D eigenvalue weighted by Crippen LogP contribution is 2.15. The molecule has 0 bridgehead atoms. The van der Waals surface area contributed by atoms with Gasteiger partial charge in [0, 0.05) is 5.56 Å². The first-order chi connectivity index (χ1) is 8.22. The average molecular weight is 227 g/mol. The zero-order valence-corrected chi connectivity index (χ0v) is 9.10. The first-order valence-electron chi connectivity index (χ1n) is 4.94. The van der Waals surface area contributed by atoms with E-state index in [0.29, 0.717) is 16.8 Å². The molecule has 5 heteroatoms. The number of hydrogen-bond donors (Lipinski definition) is 1. The molecule has 84 valence electrons. The molecule has 0 fully saturated rings. The van der Waals surface area contributed by atoms with Gasteiger partial charge in [0.15, 0.2) is 5.69 Å². The molecule has 2 aromatic rings. The molecule has 0 unspecified atom stereocenters. The molecule has 1 aromatic heterocycles. The van der Waals surface area contributed by atoms with Gasteiger partial charge in [0.2, 0.25) is 0 Å². The highest BCUT2D eigenvalue weighted by atomic mass is 16.5. The van der Waals surface area contributed by atoms with Crippen LogP contribution < -0.4 is 5.32 Å². The Morgan fingerprint density at radius 2 is 2.24 bits per heavy atom. The van der Waals surface area contributed by atoms with Crippen LogP contribution >= 0.6 is 0 Å². The summed E-state index contributed by atoms with van der Waals surface area (Å²) in [5.74, 6) is -0.390. The van der Waals surface area contributed by atoms with Crippen molar-refractivity contribution in [2.75, 3.05) is 5.32 Å². The van der Waals surface area contributed by atoms with E-state index >= 15 is 0 Å². The molecule has 1 amide bonds. The molecule has 2 rings (SSSR count). The van der Waals surface area contributed by atoms with E-state index in [4.69, 9.17) is 5.26 Å². The minimum Gasteiger partial charge on any atom is -0.364 e. The highest BCUT2D eigenvalue weighted by molar-refractivity contribution is 6.04. The zero-order chi connectivity index (χ0) is 12.3. The number of nitriles is 1. The van der Waals surface area contributed by atoms with Gasteiger partial charge < -0.3 is 9.84 Å². The van der Waals surface area contributed by atoms with Crippen molar-refractivity contribution in [3.63, 3.8) is 0 Å². The highest BCUT2D eigenvalue weighted by Gasteiger charge is 2.14. The number of benzene rings is 1. The summed E-state index contributed by atoms with van der Waals surface area (Å²) in [4.78, 5) is 11.8. The zero-order valence-electron chi connectivity index (χ0n) is 9.10. The van der Waals surface area contributed by atoms with Crippen LogP contribution in [-0.2, 0) is 0 Å². The van der Waals surface area contributed by atoms with Crippen LogP contribution in [0.2, 0.25) is 0 Å². The Labute approximate surface area is 97.7 Å². The fourth-order valence-electron chi connectivity index (χ4n) is 1.38. The molecule has 0 saturated heterocycles. The summed E-state index contributed by atoms with van der Waals surface area (Å²) in [6.07, 6.45) is 1.39. The maximum atomic E-state index is 11.8. The first-order valence-corrected chi connectivity index (χ1v) is 4.94. The lowest BCUT2D eigenvalue weighted by Gasteiger charge is -2.04. The SMILES string of the molecule is Cc1conc1C(=O)Nc1ccccc1C#N. The number of nitrogens with zero attached hydrogens (tertiary/aromatic N) is 2. The molecule has 1 aromatic carbocycles. The lowest BCUT2D eigenvalue weighted by atomic mass is 10.2.